The predicted octanol–water partition coefficient (Wildman–Crippen LogP) is 2.00. The minimum Gasteiger partial charge on any atom is -0.362 e. The molecule has 0 amide bonds. The van der Waals surface area contributed by atoms with Crippen LogP contribution in [0.3, 0.4) is 0 Å². The van der Waals surface area contributed by atoms with Gasteiger partial charge in [-0.1, -0.05) is 0 Å². The number of nitrogens with one attached hydrogen (secondary N) is 2. The van der Waals surface area contributed by atoms with Gasteiger partial charge in [0, 0.05) is 17.8 Å². The predicted molar refractivity (Wildman–Crippen MR) is 75.1 cm³/mol. The van der Waals surface area contributed by atoms with Gasteiger partial charge in [0.05, 0.1) is 5.56 Å². The number of pyridine rings is 1. The number of nitriles is 1. The minimum atomic E-state index is 0.0154. The number of aromatic nitrogens is 1. The van der Waals surface area contributed by atoms with Crippen molar-refractivity contribution in [2.75, 3.05) is 18.4 Å². The van der Waals surface area contributed by atoms with Crippen LogP contribution in [-0.4, -0.2) is 23.6 Å². The van der Waals surface area contributed by atoms with E-state index in [1.807, 2.05) is 6.07 Å². The monoisotopic (exact) mass is 256 g/mol. The van der Waals surface area contributed by atoms with E-state index in [2.05, 4.69) is 23.6 Å². The minimum absolute atomic E-state index is 0.0154. The van der Waals surface area contributed by atoms with Gasteiger partial charge in [0.25, 0.3) is 0 Å². The summed E-state index contributed by atoms with van der Waals surface area (Å²) in [7, 11) is 0. The molecule has 1 fully saturated rings. The Morgan fingerprint density at radius 3 is 3.00 bits per heavy atom. The lowest BCUT2D eigenvalue weighted by Gasteiger charge is -2.27. The summed E-state index contributed by atoms with van der Waals surface area (Å²) in [5.74, 6) is 0.773. The fourth-order valence-corrected chi connectivity index (χ4v) is 3.02. The van der Waals surface area contributed by atoms with Crippen LogP contribution in [0.4, 0.5) is 5.82 Å². The third-order valence-corrected chi connectivity index (χ3v) is 4.21. The largest absolute Gasteiger partial charge is 0.362 e. The van der Waals surface area contributed by atoms with Crippen LogP contribution >= 0.6 is 0 Å². The zero-order valence-corrected chi connectivity index (χ0v) is 11.4. The maximum atomic E-state index is 9.33. The number of hydrogen-bond acceptors (Lipinski definition) is 4. The SMILES string of the molecule is CC1(Nc2nc3c(cc2C#N)CCCC3)CCNC1. The van der Waals surface area contributed by atoms with E-state index in [0.717, 1.165) is 38.2 Å². The summed E-state index contributed by atoms with van der Waals surface area (Å²) < 4.78 is 0. The summed E-state index contributed by atoms with van der Waals surface area (Å²) >= 11 is 0. The Hall–Kier alpha value is -1.60. The van der Waals surface area contributed by atoms with Crippen molar-refractivity contribution >= 4 is 5.82 Å². The lowest BCUT2D eigenvalue weighted by atomic mass is 9.94. The molecule has 1 aliphatic heterocycles. The highest BCUT2D eigenvalue weighted by Gasteiger charge is 2.29. The van der Waals surface area contributed by atoms with Crippen LogP contribution in [0.25, 0.3) is 0 Å². The molecule has 4 heteroatoms. The van der Waals surface area contributed by atoms with E-state index in [4.69, 9.17) is 4.98 Å². The summed E-state index contributed by atoms with van der Waals surface area (Å²) in [6.45, 7) is 4.14. The van der Waals surface area contributed by atoms with Gasteiger partial charge in [-0.05, 0) is 57.2 Å². The van der Waals surface area contributed by atoms with Crippen LogP contribution < -0.4 is 10.6 Å². The van der Waals surface area contributed by atoms with Crippen LogP contribution in [0.15, 0.2) is 6.07 Å². The van der Waals surface area contributed by atoms with Gasteiger partial charge in [0.1, 0.15) is 11.9 Å². The Kier molecular flexibility index (Phi) is 3.16. The number of hydrogen-bond donors (Lipinski definition) is 2. The van der Waals surface area contributed by atoms with Crippen LogP contribution in [-0.2, 0) is 12.8 Å². The number of anilines is 1. The highest BCUT2D eigenvalue weighted by atomic mass is 15.1. The quantitative estimate of drug-likeness (QED) is 0.849. The average Bonchev–Trinajstić information content (AvgIpc) is 2.84. The highest BCUT2D eigenvalue weighted by molar-refractivity contribution is 5.56. The van der Waals surface area contributed by atoms with Crippen molar-refractivity contribution in [2.45, 2.75) is 44.6 Å². The van der Waals surface area contributed by atoms with Crippen LogP contribution in [0.1, 0.15) is 43.0 Å². The summed E-state index contributed by atoms with van der Waals surface area (Å²) in [5, 5.41) is 16.2. The van der Waals surface area contributed by atoms with Crippen molar-refractivity contribution in [3.8, 4) is 6.07 Å². The topological polar surface area (TPSA) is 60.7 Å². The molecular formula is C15H20N4. The zero-order valence-electron chi connectivity index (χ0n) is 11.4. The summed E-state index contributed by atoms with van der Waals surface area (Å²) in [6.07, 6.45) is 5.61. The van der Waals surface area contributed by atoms with E-state index in [1.54, 1.807) is 0 Å². The van der Waals surface area contributed by atoms with Crippen molar-refractivity contribution in [3.05, 3.63) is 22.9 Å². The Morgan fingerprint density at radius 1 is 1.42 bits per heavy atom. The molecule has 1 atom stereocenters. The molecule has 1 aliphatic carbocycles. The van der Waals surface area contributed by atoms with Gasteiger partial charge in [-0.2, -0.15) is 5.26 Å². The number of fused-ring (bicyclic) bond motifs is 1. The van der Waals surface area contributed by atoms with Gasteiger partial charge in [0.2, 0.25) is 0 Å². The molecule has 19 heavy (non-hydrogen) atoms. The second-order valence-corrected chi connectivity index (χ2v) is 5.92. The maximum Gasteiger partial charge on any atom is 0.144 e. The van der Waals surface area contributed by atoms with Crippen molar-refractivity contribution < 1.29 is 0 Å². The molecule has 0 bridgehead atoms. The molecule has 4 nitrogen and oxygen atoms in total. The van der Waals surface area contributed by atoms with Crippen LogP contribution in [0, 0.1) is 11.3 Å². The Morgan fingerprint density at radius 2 is 2.26 bits per heavy atom. The number of nitrogens with zero attached hydrogens (tertiary/aromatic N) is 2. The third kappa shape index (κ3) is 2.43. The normalized spacial score (nSPS) is 25.7. The van der Waals surface area contributed by atoms with Crippen LogP contribution in [0.5, 0.6) is 0 Å². The van der Waals surface area contributed by atoms with Crippen molar-refractivity contribution in [1.29, 1.82) is 5.26 Å². The van der Waals surface area contributed by atoms with E-state index in [-0.39, 0.29) is 5.54 Å². The van der Waals surface area contributed by atoms with Gasteiger partial charge in [-0.3, -0.25) is 0 Å². The van der Waals surface area contributed by atoms with E-state index in [1.165, 1.54) is 24.1 Å². The van der Waals surface area contributed by atoms with Gasteiger partial charge < -0.3 is 10.6 Å². The first kappa shape index (κ1) is 12.4. The summed E-state index contributed by atoms with van der Waals surface area (Å²) in [6, 6.07) is 4.33. The second-order valence-electron chi connectivity index (χ2n) is 5.92. The Bertz CT molecular complexity index is 524. The molecule has 1 saturated heterocycles. The summed E-state index contributed by atoms with van der Waals surface area (Å²) in [4.78, 5) is 4.73. The standard InChI is InChI=1S/C15H20N4/c1-15(6-7-17-10-15)19-14-12(9-16)8-11-4-2-3-5-13(11)18-14/h8,17H,2-7,10H2,1H3,(H,18,19). The highest BCUT2D eigenvalue weighted by Crippen LogP contribution is 2.27. The van der Waals surface area contributed by atoms with Crippen molar-refractivity contribution in [3.63, 3.8) is 0 Å². The molecule has 2 aliphatic rings. The lowest BCUT2D eigenvalue weighted by molar-refractivity contribution is 0.562. The van der Waals surface area contributed by atoms with E-state index in [0.29, 0.717) is 5.56 Å². The molecule has 0 aromatic carbocycles. The zero-order chi connectivity index (χ0) is 13.3. The van der Waals surface area contributed by atoms with Gasteiger partial charge in [0.15, 0.2) is 0 Å². The fraction of sp³-hybridized carbons (Fsp3) is 0.600. The molecule has 0 saturated carbocycles. The first-order valence-electron chi connectivity index (χ1n) is 7.12. The second kappa shape index (κ2) is 4.82. The maximum absolute atomic E-state index is 9.33. The third-order valence-electron chi connectivity index (χ3n) is 4.21. The van der Waals surface area contributed by atoms with E-state index in [9.17, 15) is 5.26 Å². The Labute approximate surface area is 114 Å². The molecule has 1 aromatic heterocycles. The molecular weight excluding hydrogens is 236 g/mol. The van der Waals surface area contributed by atoms with E-state index < -0.39 is 0 Å². The molecule has 2 N–H and O–H groups in total. The fourth-order valence-electron chi connectivity index (χ4n) is 3.02. The van der Waals surface area contributed by atoms with Crippen LogP contribution in [0.2, 0.25) is 0 Å². The molecule has 0 spiro atoms. The first-order valence-corrected chi connectivity index (χ1v) is 7.12. The van der Waals surface area contributed by atoms with Gasteiger partial charge >= 0.3 is 0 Å². The van der Waals surface area contributed by atoms with E-state index >= 15 is 0 Å². The molecule has 2 heterocycles. The number of aryl methyl sites for hydroxylation is 2. The molecule has 0 radical (unpaired) electrons. The smallest absolute Gasteiger partial charge is 0.144 e. The number of rotatable bonds is 2. The molecule has 100 valence electrons. The Balaban J connectivity index is 1.93. The average molecular weight is 256 g/mol. The van der Waals surface area contributed by atoms with Crippen molar-refractivity contribution in [2.24, 2.45) is 0 Å². The lowest BCUT2D eigenvalue weighted by Crippen LogP contribution is -2.37. The molecule has 1 aromatic rings. The molecule has 1 unspecified atom stereocenters. The van der Waals surface area contributed by atoms with Gasteiger partial charge in [-0.15, -0.1) is 0 Å². The van der Waals surface area contributed by atoms with Crippen molar-refractivity contribution in [1.82, 2.24) is 10.3 Å². The first-order chi connectivity index (χ1) is 9.20. The summed E-state index contributed by atoms with van der Waals surface area (Å²) in [5.41, 5.74) is 3.15. The van der Waals surface area contributed by atoms with Gasteiger partial charge in [-0.25, -0.2) is 4.98 Å². The molecule has 3 rings (SSSR count).